The molecule has 2 rings (SSSR count). The van der Waals surface area contributed by atoms with Crippen molar-refractivity contribution in [2.75, 3.05) is 25.9 Å². The normalized spacial score (nSPS) is 10.8. The molecular weight excluding hydrogens is 511 g/mol. The van der Waals surface area contributed by atoms with Gasteiger partial charge in [0.1, 0.15) is 5.75 Å². The minimum absolute atomic E-state index is 0. The van der Waals surface area contributed by atoms with Crippen LogP contribution in [0.3, 0.4) is 0 Å². The molecule has 0 bridgehead atoms. The molecule has 2 aromatic rings. The van der Waals surface area contributed by atoms with Gasteiger partial charge in [0.05, 0.1) is 6.54 Å². The third-order valence-corrected chi connectivity index (χ3v) is 5.05. The average Bonchev–Trinajstić information content (AvgIpc) is 2.72. The molecule has 6 nitrogen and oxygen atoms in total. The van der Waals surface area contributed by atoms with E-state index >= 15 is 0 Å². The second kappa shape index (κ2) is 14.1. The first kappa shape index (κ1) is 26.1. The highest BCUT2D eigenvalue weighted by atomic mass is 127. The molecule has 1 amide bonds. The fraction of sp³-hybridized carbons (Fsp3) is 0.364. The molecule has 0 aromatic heterocycles. The molecule has 0 aliphatic rings. The largest absolute Gasteiger partial charge is 0.508 e. The number of halogens is 1. The van der Waals surface area contributed by atoms with Crippen molar-refractivity contribution in [3.8, 4) is 5.75 Å². The zero-order chi connectivity index (χ0) is 21.1. The predicted molar refractivity (Wildman–Crippen MR) is 136 cm³/mol. The Kier molecular flexibility index (Phi) is 12.3. The van der Waals surface area contributed by atoms with Crippen LogP contribution in [0.15, 0.2) is 52.4 Å². The highest BCUT2D eigenvalue weighted by Gasteiger charge is 2.06. The van der Waals surface area contributed by atoms with Gasteiger partial charge in [-0.05, 0) is 61.9 Å². The van der Waals surface area contributed by atoms with Crippen LogP contribution >= 0.6 is 35.7 Å². The van der Waals surface area contributed by atoms with E-state index in [9.17, 15) is 9.90 Å². The molecule has 0 radical (unpaired) electrons. The first-order valence-electron chi connectivity index (χ1n) is 9.76. The van der Waals surface area contributed by atoms with Crippen LogP contribution in [0.25, 0.3) is 0 Å². The number of carbonyl (C=O) groups is 1. The fourth-order valence-corrected chi connectivity index (χ4v) is 3.43. The fourth-order valence-electron chi connectivity index (χ4n) is 2.73. The van der Waals surface area contributed by atoms with Gasteiger partial charge in [0.2, 0.25) is 0 Å². The molecule has 0 heterocycles. The Morgan fingerprint density at radius 2 is 1.87 bits per heavy atom. The molecule has 8 heteroatoms. The van der Waals surface area contributed by atoms with Gasteiger partial charge in [-0.25, -0.2) is 4.99 Å². The molecule has 30 heavy (non-hydrogen) atoms. The van der Waals surface area contributed by atoms with Crippen LogP contribution in [0.1, 0.15) is 34.8 Å². The standard InChI is InChI=1S/C22H30N4O2S.HI/c1-4-23-22(26-15-18-10-9-16(2)13-20(18)29-3)25-12-6-11-24-21(28)17-7-5-8-19(27)14-17;/h5,7-10,13-14,27H,4,6,11-12,15H2,1-3H3,(H,24,28)(H2,23,25,26);1H. The number of hydrogen-bond acceptors (Lipinski definition) is 4. The maximum absolute atomic E-state index is 12.1. The Bertz CT molecular complexity index is 846. The third-order valence-electron chi connectivity index (χ3n) is 4.23. The number of aryl methyl sites for hydroxylation is 1. The monoisotopic (exact) mass is 542 g/mol. The molecule has 164 valence electrons. The minimum Gasteiger partial charge on any atom is -0.508 e. The van der Waals surface area contributed by atoms with Crippen LogP contribution in [-0.2, 0) is 6.54 Å². The Hall–Kier alpha value is -1.94. The Morgan fingerprint density at radius 3 is 2.57 bits per heavy atom. The molecule has 4 N–H and O–H groups in total. The summed E-state index contributed by atoms with van der Waals surface area (Å²) in [6, 6.07) is 12.8. The Labute approximate surface area is 200 Å². The summed E-state index contributed by atoms with van der Waals surface area (Å²) >= 11 is 1.73. The smallest absolute Gasteiger partial charge is 0.251 e. The zero-order valence-corrected chi connectivity index (χ0v) is 20.8. The highest BCUT2D eigenvalue weighted by Crippen LogP contribution is 2.22. The van der Waals surface area contributed by atoms with Crippen LogP contribution in [0.5, 0.6) is 5.75 Å². The Balaban J connectivity index is 0.00000450. The molecule has 0 aliphatic carbocycles. The summed E-state index contributed by atoms with van der Waals surface area (Å²) in [6.45, 7) is 6.75. The number of thioether (sulfide) groups is 1. The topological polar surface area (TPSA) is 85.8 Å². The maximum Gasteiger partial charge on any atom is 0.251 e. The van der Waals surface area contributed by atoms with E-state index < -0.39 is 0 Å². The lowest BCUT2D eigenvalue weighted by molar-refractivity contribution is 0.0953. The first-order chi connectivity index (χ1) is 14.0. The zero-order valence-electron chi connectivity index (χ0n) is 17.7. The average molecular weight is 542 g/mol. The van der Waals surface area contributed by atoms with E-state index in [1.54, 1.807) is 30.0 Å². The molecular formula is C22H31IN4O2S. The molecule has 0 saturated carbocycles. The summed E-state index contributed by atoms with van der Waals surface area (Å²) in [5.74, 6) is 0.661. The number of phenols is 1. The second-order valence-electron chi connectivity index (χ2n) is 6.60. The van der Waals surface area contributed by atoms with Gasteiger partial charge in [0, 0.05) is 30.1 Å². The molecule has 0 atom stereocenters. The quantitative estimate of drug-likeness (QED) is 0.127. The summed E-state index contributed by atoms with van der Waals surface area (Å²) in [4.78, 5) is 18.0. The van der Waals surface area contributed by atoms with Gasteiger partial charge >= 0.3 is 0 Å². The molecule has 0 aliphatic heterocycles. The lowest BCUT2D eigenvalue weighted by Gasteiger charge is -2.12. The van der Waals surface area contributed by atoms with E-state index in [4.69, 9.17) is 0 Å². The summed E-state index contributed by atoms with van der Waals surface area (Å²) in [5, 5.41) is 18.9. The second-order valence-corrected chi connectivity index (χ2v) is 7.45. The number of benzene rings is 2. The number of hydrogen-bond donors (Lipinski definition) is 4. The van der Waals surface area contributed by atoms with Gasteiger partial charge in [-0.3, -0.25) is 4.79 Å². The lowest BCUT2D eigenvalue weighted by Crippen LogP contribution is -2.38. The van der Waals surface area contributed by atoms with Crippen LogP contribution in [0.4, 0.5) is 0 Å². The Morgan fingerprint density at radius 1 is 1.10 bits per heavy atom. The lowest BCUT2D eigenvalue weighted by atomic mass is 10.1. The van der Waals surface area contributed by atoms with Gasteiger partial charge in [0.15, 0.2) is 5.96 Å². The van der Waals surface area contributed by atoms with Crippen LogP contribution in [-0.4, -0.2) is 42.9 Å². The number of phenolic OH excluding ortho intramolecular Hbond substituents is 1. The number of guanidine groups is 1. The number of nitrogens with zero attached hydrogens (tertiary/aromatic N) is 1. The number of nitrogens with one attached hydrogen (secondary N) is 3. The summed E-state index contributed by atoms with van der Waals surface area (Å²) in [7, 11) is 0. The SMILES string of the molecule is CCNC(=NCc1ccc(C)cc1SC)NCCCNC(=O)c1cccc(O)c1.I. The first-order valence-corrected chi connectivity index (χ1v) is 11.0. The van der Waals surface area contributed by atoms with E-state index in [0.29, 0.717) is 25.2 Å². The van der Waals surface area contributed by atoms with Crippen LogP contribution in [0.2, 0.25) is 0 Å². The van der Waals surface area contributed by atoms with E-state index in [1.165, 1.54) is 22.1 Å². The van der Waals surface area contributed by atoms with Crippen molar-refractivity contribution in [2.45, 2.75) is 31.7 Å². The molecule has 0 unspecified atom stereocenters. The van der Waals surface area contributed by atoms with Crippen molar-refractivity contribution in [3.05, 3.63) is 59.2 Å². The maximum atomic E-state index is 12.1. The molecule has 0 spiro atoms. The predicted octanol–water partition coefficient (Wildman–Crippen LogP) is 3.92. The van der Waals surface area contributed by atoms with Crippen molar-refractivity contribution >= 4 is 47.6 Å². The van der Waals surface area contributed by atoms with Crippen molar-refractivity contribution in [3.63, 3.8) is 0 Å². The van der Waals surface area contributed by atoms with E-state index in [2.05, 4.69) is 52.3 Å². The van der Waals surface area contributed by atoms with E-state index in [-0.39, 0.29) is 35.6 Å². The van der Waals surface area contributed by atoms with Crippen LogP contribution < -0.4 is 16.0 Å². The highest BCUT2D eigenvalue weighted by molar-refractivity contribution is 14.0. The summed E-state index contributed by atoms with van der Waals surface area (Å²) < 4.78 is 0. The molecule has 0 fully saturated rings. The van der Waals surface area contributed by atoms with Crippen molar-refractivity contribution in [1.82, 2.24) is 16.0 Å². The van der Waals surface area contributed by atoms with E-state index in [1.807, 2.05) is 6.92 Å². The van der Waals surface area contributed by atoms with Gasteiger partial charge in [0.25, 0.3) is 5.91 Å². The number of aromatic hydroxyl groups is 1. The number of aliphatic imine (C=N–C) groups is 1. The van der Waals surface area contributed by atoms with Gasteiger partial charge in [-0.2, -0.15) is 0 Å². The number of rotatable bonds is 9. The van der Waals surface area contributed by atoms with Crippen molar-refractivity contribution in [2.24, 2.45) is 4.99 Å². The van der Waals surface area contributed by atoms with E-state index in [0.717, 1.165) is 18.9 Å². The number of carbonyl (C=O) groups excluding carboxylic acids is 1. The number of amides is 1. The summed E-state index contributed by atoms with van der Waals surface area (Å²) in [6.07, 6.45) is 2.84. The minimum atomic E-state index is -0.189. The van der Waals surface area contributed by atoms with Gasteiger partial charge in [-0.15, -0.1) is 35.7 Å². The van der Waals surface area contributed by atoms with Crippen molar-refractivity contribution < 1.29 is 9.90 Å². The van der Waals surface area contributed by atoms with Crippen molar-refractivity contribution in [1.29, 1.82) is 0 Å². The van der Waals surface area contributed by atoms with Gasteiger partial charge in [-0.1, -0.05) is 18.2 Å². The molecule has 0 saturated heterocycles. The third kappa shape index (κ3) is 8.83. The summed E-state index contributed by atoms with van der Waals surface area (Å²) in [5.41, 5.74) is 2.91. The van der Waals surface area contributed by atoms with Crippen LogP contribution in [0, 0.1) is 6.92 Å². The molecule has 2 aromatic carbocycles. The van der Waals surface area contributed by atoms with Gasteiger partial charge < -0.3 is 21.1 Å².